The number of benzene rings is 2. The Morgan fingerprint density at radius 3 is 2.50 bits per heavy atom. The van der Waals surface area contributed by atoms with Gasteiger partial charge >= 0.3 is 0 Å². The maximum absolute atomic E-state index is 12.7. The number of halogens is 1. The van der Waals surface area contributed by atoms with E-state index in [-0.39, 0.29) is 18.3 Å². The summed E-state index contributed by atoms with van der Waals surface area (Å²) < 4.78 is 11.8. The molecule has 2 aromatic carbocycles. The van der Waals surface area contributed by atoms with Crippen LogP contribution < -0.4 is 15.0 Å². The van der Waals surface area contributed by atoms with Crippen LogP contribution in [0.5, 0.6) is 5.75 Å². The average Bonchev–Trinajstić information content (AvgIpc) is 3.26. The first kappa shape index (κ1) is 25.8. The zero-order valence-corrected chi connectivity index (χ0v) is 21.1. The van der Waals surface area contributed by atoms with Crippen molar-refractivity contribution in [1.29, 1.82) is 0 Å². The maximum atomic E-state index is 12.7. The molecule has 1 saturated carbocycles. The van der Waals surface area contributed by atoms with Gasteiger partial charge in [-0.15, -0.1) is 12.4 Å². The number of fused-ring (bicyclic) bond motifs is 1. The van der Waals surface area contributed by atoms with E-state index in [1.165, 1.54) is 32.1 Å². The predicted molar refractivity (Wildman–Crippen MR) is 140 cm³/mol. The minimum atomic E-state index is -0.167. The summed E-state index contributed by atoms with van der Waals surface area (Å²) in [6, 6.07) is 13.4. The topological polar surface area (TPSA) is 70.8 Å². The second-order valence-corrected chi connectivity index (χ2v) is 9.20. The van der Waals surface area contributed by atoms with Crippen molar-refractivity contribution >= 4 is 41.1 Å². The molecule has 0 unspecified atom stereocenters. The van der Waals surface area contributed by atoms with Gasteiger partial charge in [-0.3, -0.25) is 4.79 Å². The van der Waals surface area contributed by atoms with Crippen molar-refractivity contribution in [2.24, 2.45) is 5.92 Å². The first-order valence-corrected chi connectivity index (χ1v) is 11.8. The van der Waals surface area contributed by atoms with E-state index < -0.39 is 0 Å². The Morgan fingerprint density at radius 2 is 1.79 bits per heavy atom. The van der Waals surface area contributed by atoms with Gasteiger partial charge in [0.2, 0.25) is 0 Å². The average molecular weight is 487 g/mol. The number of nitrogens with one attached hydrogen (secondary N) is 1. The van der Waals surface area contributed by atoms with E-state index in [4.69, 9.17) is 9.15 Å². The summed E-state index contributed by atoms with van der Waals surface area (Å²) in [7, 11) is 6.03. The summed E-state index contributed by atoms with van der Waals surface area (Å²) in [4.78, 5) is 21.4. The van der Waals surface area contributed by atoms with Crippen molar-refractivity contribution in [2.45, 2.75) is 32.1 Å². The number of rotatable bonds is 9. The Kier molecular flexibility index (Phi) is 9.19. The fraction of sp³-hybridized carbons (Fsp3) is 0.462. The predicted octanol–water partition coefficient (Wildman–Crippen LogP) is 5.46. The number of likely N-dealkylation sites (N-methyl/N-ethyl adjacent to an activating group) is 2. The van der Waals surface area contributed by atoms with Crippen LogP contribution in [0.15, 0.2) is 46.9 Å². The van der Waals surface area contributed by atoms with Gasteiger partial charge in [-0.2, -0.15) is 4.98 Å². The van der Waals surface area contributed by atoms with Crippen LogP contribution in [0, 0.1) is 5.92 Å². The number of anilines is 2. The summed E-state index contributed by atoms with van der Waals surface area (Å²) in [5.41, 5.74) is 2.68. The lowest BCUT2D eigenvalue weighted by atomic mass is 9.90. The molecule has 1 N–H and O–H groups in total. The van der Waals surface area contributed by atoms with Crippen molar-refractivity contribution in [3.8, 4) is 5.75 Å². The zero-order chi connectivity index (χ0) is 23.2. The van der Waals surface area contributed by atoms with Gasteiger partial charge in [0.25, 0.3) is 11.9 Å². The lowest BCUT2D eigenvalue weighted by molar-refractivity contribution is 0.102. The summed E-state index contributed by atoms with van der Waals surface area (Å²) in [5.74, 6) is 1.30. The molecule has 8 heteroatoms. The van der Waals surface area contributed by atoms with Crippen LogP contribution in [0.4, 0.5) is 11.7 Å². The van der Waals surface area contributed by atoms with Gasteiger partial charge < -0.3 is 24.3 Å². The van der Waals surface area contributed by atoms with E-state index in [1.807, 2.05) is 56.4 Å². The van der Waals surface area contributed by atoms with E-state index in [9.17, 15) is 4.79 Å². The molecule has 0 spiro atoms. The number of carbonyl (C=O) groups excluding carboxylic acids is 1. The lowest BCUT2D eigenvalue weighted by Crippen LogP contribution is -2.28. The third-order valence-corrected chi connectivity index (χ3v) is 6.17. The fourth-order valence-electron chi connectivity index (χ4n) is 4.08. The van der Waals surface area contributed by atoms with E-state index in [2.05, 4.69) is 15.2 Å². The van der Waals surface area contributed by atoms with Gasteiger partial charge in [0.1, 0.15) is 11.3 Å². The molecule has 1 amide bonds. The van der Waals surface area contributed by atoms with E-state index >= 15 is 0 Å². The molecule has 34 heavy (non-hydrogen) atoms. The van der Waals surface area contributed by atoms with Crippen LogP contribution in [0.25, 0.3) is 11.1 Å². The van der Waals surface area contributed by atoms with Gasteiger partial charge in [0.15, 0.2) is 5.58 Å². The Morgan fingerprint density at radius 1 is 1.06 bits per heavy atom. The van der Waals surface area contributed by atoms with Crippen molar-refractivity contribution in [2.75, 3.05) is 51.1 Å². The normalized spacial score (nSPS) is 14.1. The molecule has 1 heterocycles. The molecule has 0 aliphatic heterocycles. The van der Waals surface area contributed by atoms with Crippen molar-refractivity contribution in [1.82, 2.24) is 9.88 Å². The van der Waals surface area contributed by atoms with Crippen LogP contribution in [-0.2, 0) is 0 Å². The lowest BCUT2D eigenvalue weighted by Gasteiger charge is -2.21. The fourth-order valence-corrected chi connectivity index (χ4v) is 4.08. The SMILES string of the molecule is CN(C)CCN(C)c1nc2cc(NC(=O)c3ccc(OCC4CCCCC4)cc3)ccc2o1.Cl. The molecule has 1 aromatic heterocycles. The molecule has 4 rings (SSSR count). The van der Waals surface area contributed by atoms with Gasteiger partial charge in [-0.1, -0.05) is 19.3 Å². The Balaban J connectivity index is 0.00000324. The van der Waals surface area contributed by atoms with Crippen LogP contribution in [-0.4, -0.2) is 56.6 Å². The number of hydrogen-bond donors (Lipinski definition) is 1. The maximum Gasteiger partial charge on any atom is 0.298 e. The molecule has 1 aliphatic carbocycles. The second-order valence-electron chi connectivity index (χ2n) is 9.20. The Hall–Kier alpha value is -2.77. The summed E-state index contributed by atoms with van der Waals surface area (Å²) in [6.45, 7) is 2.47. The van der Waals surface area contributed by atoms with Crippen molar-refractivity contribution in [3.63, 3.8) is 0 Å². The molecule has 3 aromatic rings. The highest BCUT2D eigenvalue weighted by Gasteiger charge is 2.15. The number of oxazole rings is 1. The van der Waals surface area contributed by atoms with Crippen LogP contribution in [0.3, 0.4) is 0 Å². The molecule has 0 saturated heterocycles. The second kappa shape index (κ2) is 12.1. The number of carbonyl (C=O) groups is 1. The molecular weight excluding hydrogens is 452 g/mol. The number of amides is 1. The van der Waals surface area contributed by atoms with Crippen molar-refractivity contribution < 1.29 is 13.9 Å². The highest BCUT2D eigenvalue weighted by molar-refractivity contribution is 6.05. The van der Waals surface area contributed by atoms with Crippen molar-refractivity contribution in [3.05, 3.63) is 48.0 Å². The molecule has 0 radical (unpaired) electrons. The molecule has 184 valence electrons. The summed E-state index contributed by atoms with van der Waals surface area (Å²) in [6.07, 6.45) is 6.47. The standard InChI is InChI=1S/C26H34N4O3.ClH/c1-29(2)15-16-30(3)26-28-23-17-21(11-14-24(23)33-26)27-25(31)20-9-12-22(13-10-20)32-18-19-7-5-4-6-8-19;/h9-14,17,19H,4-8,15-16,18H2,1-3H3,(H,27,31);1H. The van der Waals surface area contributed by atoms with Crippen LogP contribution in [0.2, 0.25) is 0 Å². The highest BCUT2D eigenvalue weighted by Crippen LogP contribution is 2.26. The highest BCUT2D eigenvalue weighted by atomic mass is 35.5. The number of hydrogen-bond acceptors (Lipinski definition) is 6. The number of nitrogens with zero attached hydrogens (tertiary/aromatic N) is 3. The van der Waals surface area contributed by atoms with E-state index in [1.54, 1.807) is 12.1 Å². The molecule has 0 bridgehead atoms. The largest absolute Gasteiger partial charge is 0.493 e. The minimum absolute atomic E-state index is 0. The van der Waals surface area contributed by atoms with E-state index in [0.29, 0.717) is 34.3 Å². The van der Waals surface area contributed by atoms with Gasteiger partial charge in [-0.05, 0) is 75.3 Å². The smallest absolute Gasteiger partial charge is 0.298 e. The van der Waals surface area contributed by atoms with Gasteiger partial charge in [-0.25, -0.2) is 0 Å². The number of ether oxygens (including phenoxy) is 1. The third-order valence-electron chi connectivity index (χ3n) is 6.17. The molecule has 1 fully saturated rings. The number of aromatic nitrogens is 1. The molecule has 7 nitrogen and oxygen atoms in total. The molecular formula is C26H35ClN4O3. The summed E-state index contributed by atoms with van der Waals surface area (Å²) in [5, 5.41) is 2.95. The quantitative estimate of drug-likeness (QED) is 0.433. The first-order valence-electron chi connectivity index (χ1n) is 11.8. The van der Waals surface area contributed by atoms with Gasteiger partial charge in [0, 0.05) is 31.4 Å². The molecule has 0 atom stereocenters. The summed E-state index contributed by atoms with van der Waals surface area (Å²) >= 11 is 0. The van der Waals surface area contributed by atoms with E-state index in [0.717, 1.165) is 25.4 Å². The molecule has 1 aliphatic rings. The van der Waals surface area contributed by atoms with Gasteiger partial charge in [0.05, 0.1) is 6.61 Å². The third kappa shape index (κ3) is 6.87. The first-order chi connectivity index (χ1) is 16.0. The Labute approximate surface area is 207 Å². The van der Waals surface area contributed by atoms with Crippen LogP contribution >= 0.6 is 12.4 Å². The monoisotopic (exact) mass is 486 g/mol. The zero-order valence-electron chi connectivity index (χ0n) is 20.3. The Bertz CT molecular complexity index is 1060. The minimum Gasteiger partial charge on any atom is -0.493 e. The van der Waals surface area contributed by atoms with Crippen LogP contribution in [0.1, 0.15) is 42.5 Å².